The number of benzene rings is 3. The van der Waals surface area contributed by atoms with Crippen molar-refractivity contribution in [2.45, 2.75) is 0 Å². The maximum absolute atomic E-state index is 5.56. The summed E-state index contributed by atoms with van der Waals surface area (Å²) in [4.78, 5) is 0. The van der Waals surface area contributed by atoms with Crippen LogP contribution in [-0.4, -0.2) is 6.79 Å². The van der Waals surface area contributed by atoms with E-state index in [9.17, 15) is 0 Å². The van der Waals surface area contributed by atoms with E-state index in [1.165, 1.54) is 0 Å². The van der Waals surface area contributed by atoms with Crippen molar-refractivity contribution in [1.82, 2.24) is 0 Å². The Kier molecular flexibility index (Phi) is 4.95. The van der Waals surface area contributed by atoms with E-state index in [4.69, 9.17) is 9.47 Å². The van der Waals surface area contributed by atoms with Gasteiger partial charge in [0.05, 0.1) is 0 Å². The molecule has 0 radical (unpaired) electrons. The molecule has 0 unspecified atom stereocenters. The van der Waals surface area contributed by atoms with Gasteiger partial charge in [-0.2, -0.15) is 0 Å². The molecule has 0 aliphatic carbocycles. The summed E-state index contributed by atoms with van der Waals surface area (Å²) in [6, 6.07) is 27.2. The molecule has 0 N–H and O–H groups in total. The lowest BCUT2D eigenvalue weighted by molar-refractivity contribution is 0.120. The standard InChI is InChI=1S/C21H16O2/c1-3-7-18(8-4-1)11-12-19-13-15-21(16-14-19)23-17-22-20-9-5-2-6-10-20/h1-10,13-16H,17H2. The first kappa shape index (κ1) is 14.7. The Hall–Kier alpha value is -3.18. The van der Waals surface area contributed by atoms with Gasteiger partial charge < -0.3 is 9.47 Å². The van der Waals surface area contributed by atoms with Crippen LogP contribution in [0.5, 0.6) is 11.5 Å². The molecule has 0 aromatic heterocycles. The lowest BCUT2D eigenvalue weighted by Crippen LogP contribution is -2.05. The fourth-order valence-electron chi connectivity index (χ4n) is 1.98. The van der Waals surface area contributed by atoms with Gasteiger partial charge in [0.15, 0.2) is 0 Å². The number of rotatable bonds is 4. The van der Waals surface area contributed by atoms with E-state index in [-0.39, 0.29) is 6.79 Å². The Labute approximate surface area is 136 Å². The van der Waals surface area contributed by atoms with Crippen molar-refractivity contribution in [3.05, 3.63) is 96.1 Å². The van der Waals surface area contributed by atoms with Gasteiger partial charge >= 0.3 is 0 Å². The molecule has 3 aromatic carbocycles. The van der Waals surface area contributed by atoms with Crippen molar-refractivity contribution < 1.29 is 9.47 Å². The number of hydrogen-bond donors (Lipinski definition) is 0. The van der Waals surface area contributed by atoms with Crippen LogP contribution in [0.4, 0.5) is 0 Å². The molecule has 0 heterocycles. The van der Waals surface area contributed by atoms with Crippen molar-refractivity contribution in [1.29, 1.82) is 0 Å². The quantitative estimate of drug-likeness (QED) is 0.521. The molecule has 0 aliphatic rings. The monoisotopic (exact) mass is 300 g/mol. The van der Waals surface area contributed by atoms with Crippen LogP contribution in [-0.2, 0) is 0 Å². The highest BCUT2D eigenvalue weighted by Gasteiger charge is 1.95. The summed E-state index contributed by atoms with van der Waals surface area (Å²) in [6.07, 6.45) is 0. The van der Waals surface area contributed by atoms with Gasteiger partial charge in [-0.25, -0.2) is 0 Å². The molecule has 2 nitrogen and oxygen atoms in total. The largest absolute Gasteiger partial charge is 0.458 e. The smallest absolute Gasteiger partial charge is 0.230 e. The highest BCUT2D eigenvalue weighted by molar-refractivity contribution is 5.44. The van der Waals surface area contributed by atoms with Crippen LogP contribution >= 0.6 is 0 Å². The summed E-state index contributed by atoms with van der Waals surface area (Å²) in [7, 11) is 0. The van der Waals surface area contributed by atoms with E-state index in [2.05, 4.69) is 11.8 Å². The molecule has 0 fully saturated rings. The van der Waals surface area contributed by atoms with Gasteiger partial charge in [-0.1, -0.05) is 48.2 Å². The van der Waals surface area contributed by atoms with Crippen molar-refractivity contribution in [3.8, 4) is 23.3 Å². The molecular weight excluding hydrogens is 284 g/mol. The average Bonchev–Trinajstić information content (AvgIpc) is 2.63. The Bertz CT molecular complexity index is 782. The third-order valence-electron chi connectivity index (χ3n) is 3.17. The molecule has 112 valence electrons. The molecule has 0 aliphatic heterocycles. The summed E-state index contributed by atoms with van der Waals surface area (Å²) in [6.45, 7) is 0.180. The second-order valence-corrected chi connectivity index (χ2v) is 4.86. The zero-order valence-electron chi connectivity index (χ0n) is 12.6. The van der Waals surface area contributed by atoms with Crippen molar-refractivity contribution >= 4 is 0 Å². The fourth-order valence-corrected chi connectivity index (χ4v) is 1.98. The third-order valence-corrected chi connectivity index (χ3v) is 3.17. The molecule has 3 aromatic rings. The minimum atomic E-state index is 0.180. The van der Waals surface area contributed by atoms with Crippen LogP contribution in [0.2, 0.25) is 0 Å². The Morgan fingerprint density at radius 1 is 0.522 bits per heavy atom. The van der Waals surface area contributed by atoms with Crippen LogP contribution in [0.25, 0.3) is 0 Å². The predicted molar refractivity (Wildman–Crippen MR) is 91.4 cm³/mol. The van der Waals surface area contributed by atoms with E-state index in [0.717, 1.165) is 22.6 Å². The highest BCUT2D eigenvalue weighted by Crippen LogP contribution is 2.13. The van der Waals surface area contributed by atoms with Crippen molar-refractivity contribution in [3.63, 3.8) is 0 Å². The highest BCUT2D eigenvalue weighted by atomic mass is 16.7. The summed E-state index contributed by atoms with van der Waals surface area (Å²) in [5.41, 5.74) is 1.95. The molecule has 0 spiro atoms. The van der Waals surface area contributed by atoms with Gasteiger partial charge in [0.1, 0.15) is 11.5 Å². The molecule has 0 amide bonds. The van der Waals surface area contributed by atoms with Crippen LogP contribution < -0.4 is 9.47 Å². The lowest BCUT2D eigenvalue weighted by atomic mass is 10.2. The van der Waals surface area contributed by atoms with Gasteiger partial charge in [-0.05, 0) is 48.5 Å². The predicted octanol–water partition coefficient (Wildman–Crippen LogP) is 4.50. The Morgan fingerprint density at radius 3 is 1.61 bits per heavy atom. The van der Waals surface area contributed by atoms with Crippen LogP contribution in [0.1, 0.15) is 11.1 Å². The lowest BCUT2D eigenvalue weighted by Gasteiger charge is -2.08. The minimum Gasteiger partial charge on any atom is -0.458 e. The van der Waals surface area contributed by atoms with Crippen LogP contribution in [0.15, 0.2) is 84.9 Å². The fraction of sp³-hybridized carbons (Fsp3) is 0.0476. The molecular formula is C21H16O2. The van der Waals surface area contributed by atoms with E-state index in [0.29, 0.717) is 0 Å². The number of para-hydroxylation sites is 1. The maximum atomic E-state index is 5.56. The van der Waals surface area contributed by atoms with Gasteiger partial charge in [-0.3, -0.25) is 0 Å². The molecule has 0 atom stereocenters. The summed E-state index contributed by atoms with van der Waals surface area (Å²) < 4.78 is 11.1. The normalized spacial score (nSPS) is 9.57. The first-order chi connectivity index (χ1) is 11.4. The first-order valence-corrected chi connectivity index (χ1v) is 7.38. The zero-order valence-corrected chi connectivity index (χ0v) is 12.6. The third kappa shape index (κ3) is 4.66. The second-order valence-electron chi connectivity index (χ2n) is 4.86. The summed E-state index contributed by atoms with van der Waals surface area (Å²) in [5, 5.41) is 0. The van der Waals surface area contributed by atoms with Gasteiger partial charge in [-0.15, -0.1) is 0 Å². The SMILES string of the molecule is C(#Cc1ccc(OCOc2ccccc2)cc1)c1ccccc1. The molecule has 23 heavy (non-hydrogen) atoms. The molecule has 0 saturated carbocycles. The van der Waals surface area contributed by atoms with Gasteiger partial charge in [0.25, 0.3) is 0 Å². The molecule has 2 heteroatoms. The molecule has 3 rings (SSSR count). The van der Waals surface area contributed by atoms with E-state index >= 15 is 0 Å². The van der Waals surface area contributed by atoms with Crippen molar-refractivity contribution in [2.75, 3.05) is 6.79 Å². The van der Waals surface area contributed by atoms with Gasteiger partial charge in [0.2, 0.25) is 6.79 Å². The summed E-state index contributed by atoms with van der Waals surface area (Å²) >= 11 is 0. The van der Waals surface area contributed by atoms with Crippen molar-refractivity contribution in [2.24, 2.45) is 0 Å². The number of ether oxygens (including phenoxy) is 2. The van der Waals surface area contributed by atoms with E-state index in [1.54, 1.807) is 0 Å². The topological polar surface area (TPSA) is 18.5 Å². The second kappa shape index (κ2) is 7.72. The van der Waals surface area contributed by atoms with E-state index < -0.39 is 0 Å². The minimum absolute atomic E-state index is 0.180. The average molecular weight is 300 g/mol. The van der Waals surface area contributed by atoms with Crippen LogP contribution in [0, 0.1) is 11.8 Å². The summed E-state index contributed by atoms with van der Waals surface area (Å²) in [5.74, 6) is 7.81. The zero-order chi connectivity index (χ0) is 15.7. The molecule has 0 saturated heterocycles. The Balaban J connectivity index is 1.54. The maximum Gasteiger partial charge on any atom is 0.230 e. The van der Waals surface area contributed by atoms with Gasteiger partial charge in [0, 0.05) is 11.1 Å². The van der Waals surface area contributed by atoms with Crippen LogP contribution in [0.3, 0.4) is 0 Å². The molecule has 0 bridgehead atoms. The Morgan fingerprint density at radius 2 is 1.00 bits per heavy atom. The van der Waals surface area contributed by atoms with E-state index in [1.807, 2.05) is 84.9 Å². The first-order valence-electron chi connectivity index (χ1n) is 7.38. The number of hydrogen-bond acceptors (Lipinski definition) is 2.